The van der Waals surface area contributed by atoms with Crippen LogP contribution in [-0.2, 0) is 20.9 Å². The van der Waals surface area contributed by atoms with E-state index in [0.717, 1.165) is 29.8 Å². The minimum absolute atomic E-state index is 0.0478. The summed E-state index contributed by atoms with van der Waals surface area (Å²) in [5.74, 6) is 0.416. The molecule has 3 aromatic heterocycles. The quantitative estimate of drug-likeness (QED) is 0.214. The molecule has 14 heteroatoms. The lowest BCUT2D eigenvalue weighted by atomic mass is 10.0. The molecular formula is C34H38BrN9O4. The number of ketones is 1. The highest BCUT2D eigenvalue weighted by Crippen LogP contribution is 2.29. The Morgan fingerprint density at radius 3 is 2.38 bits per heavy atom. The first-order chi connectivity index (χ1) is 23.0. The van der Waals surface area contributed by atoms with Crippen LogP contribution < -0.4 is 5.32 Å². The molecule has 6 rings (SSSR count). The standard InChI is InChI=1S/C34H38BrN9O4/c1-20-5-8-30(35)38-33(20)39-34(48)29-13-24(17-41-9-11-42(12-10-41)23(4)46)18-43(29)31(47)19-44-28-7-6-25(26-15-36-22(3)37-16-26)14-27(28)32(40-44)21(2)45/h5-8,14-16,24,29H,9-13,17-19H2,1-4H3,(H,38,39,48). The van der Waals surface area contributed by atoms with Gasteiger partial charge in [-0.2, -0.15) is 5.10 Å². The Balaban J connectivity index is 1.25. The molecule has 1 aromatic carbocycles. The van der Waals surface area contributed by atoms with Gasteiger partial charge in [-0.1, -0.05) is 12.1 Å². The van der Waals surface area contributed by atoms with E-state index in [1.807, 2.05) is 43.0 Å². The highest BCUT2D eigenvalue weighted by Gasteiger charge is 2.41. The van der Waals surface area contributed by atoms with Gasteiger partial charge in [-0.15, -0.1) is 0 Å². The number of piperazine rings is 1. The maximum Gasteiger partial charge on any atom is 0.248 e. The Kier molecular flexibility index (Phi) is 9.65. The lowest BCUT2D eigenvalue weighted by Gasteiger charge is -2.35. The van der Waals surface area contributed by atoms with Crippen LogP contribution in [0, 0.1) is 19.8 Å². The first-order valence-corrected chi connectivity index (χ1v) is 16.8. The summed E-state index contributed by atoms with van der Waals surface area (Å²) in [6.45, 7) is 10.5. The number of nitrogens with zero attached hydrogens (tertiary/aromatic N) is 8. The van der Waals surface area contributed by atoms with Gasteiger partial charge in [0.25, 0.3) is 0 Å². The number of amides is 3. The maximum absolute atomic E-state index is 14.1. The van der Waals surface area contributed by atoms with Crippen LogP contribution in [0.1, 0.15) is 42.1 Å². The van der Waals surface area contributed by atoms with E-state index in [1.165, 1.54) is 6.92 Å². The Hall–Kier alpha value is -4.56. The third-order valence-electron chi connectivity index (χ3n) is 9.13. The fourth-order valence-corrected chi connectivity index (χ4v) is 6.83. The fraction of sp³-hybridized carbons (Fsp3) is 0.412. The highest BCUT2D eigenvalue weighted by atomic mass is 79.9. The lowest BCUT2D eigenvalue weighted by Crippen LogP contribution is -2.49. The van der Waals surface area contributed by atoms with Gasteiger partial charge >= 0.3 is 0 Å². The van der Waals surface area contributed by atoms with E-state index < -0.39 is 6.04 Å². The first kappa shape index (κ1) is 33.3. The zero-order chi connectivity index (χ0) is 34.1. The van der Waals surface area contributed by atoms with Crippen LogP contribution in [0.15, 0.2) is 47.3 Å². The highest BCUT2D eigenvalue weighted by molar-refractivity contribution is 9.10. The number of carbonyl (C=O) groups is 4. The number of nitrogens with one attached hydrogen (secondary N) is 1. The van der Waals surface area contributed by atoms with Crippen molar-refractivity contribution in [1.29, 1.82) is 0 Å². The van der Waals surface area contributed by atoms with E-state index >= 15 is 0 Å². The van der Waals surface area contributed by atoms with Gasteiger partial charge in [0, 0.05) is 76.5 Å². The van der Waals surface area contributed by atoms with Crippen molar-refractivity contribution < 1.29 is 19.2 Å². The van der Waals surface area contributed by atoms with Gasteiger partial charge < -0.3 is 15.1 Å². The second-order valence-electron chi connectivity index (χ2n) is 12.6. The molecule has 2 aliphatic heterocycles. The Labute approximate surface area is 286 Å². The second kappa shape index (κ2) is 13.9. The fourth-order valence-electron chi connectivity index (χ4n) is 6.52. The molecule has 250 valence electrons. The summed E-state index contributed by atoms with van der Waals surface area (Å²) in [5, 5.41) is 8.15. The average molecular weight is 717 g/mol. The number of fused-ring (bicyclic) bond motifs is 1. The lowest BCUT2D eigenvalue weighted by molar-refractivity contribution is -0.137. The molecule has 2 fully saturated rings. The monoisotopic (exact) mass is 715 g/mol. The molecule has 0 bridgehead atoms. The molecule has 0 aliphatic carbocycles. The van der Waals surface area contributed by atoms with Crippen LogP contribution in [0.3, 0.4) is 0 Å². The van der Waals surface area contributed by atoms with Crippen LogP contribution in [0.5, 0.6) is 0 Å². The minimum atomic E-state index is -0.719. The molecule has 1 N–H and O–H groups in total. The number of hydrogen-bond acceptors (Lipinski definition) is 9. The van der Waals surface area contributed by atoms with Crippen molar-refractivity contribution in [3.63, 3.8) is 0 Å². The van der Waals surface area contributed by atoms with Gasteiger partial charge in [0.15, 0.2) is 5.78 Å². The molecule has 0 spiro atoms. The van der Waals surface area contributed by atoms with Crippen molar-refractivity contribution in [2.45, 2.75) is 46.7 Å². The minimum Gasteiger partial charge on any atom is -0.340 e. The molecule has 0 saturated carbocycles. The number of aromatic nitrogens is 5. The summed E-state index contributed by atoms with van der Waals surface area (Å²) >= 11 is 3.38. The smallest absolute Gasteiger partial charge is 0.248 e. The van der Waals surface area contributed by atoms with E-state index in [2.05, 4.69) is 46.2 Å². The Morgan fingerprint density at radius 1 is 0.958 bits per heavy atom. The molecule has 13 nitrogen and oxygen atoms in total. The van der Waals surface area contributed by atoms with Crippen LogP contribution in [0.2, 0.25) is 0 Å². The van der Waals surface area contributed by atoms with Crippen LogP contribution >= 0.6 is 15.9 Å². The van der Waals surface area contributed by atoms with Gasteiger partial charge in [0.05, 0.1) is 5.52 Å². The van der Waals surface area contributed by atoms with Crippen molar-refractivity contribution in [3.8, 4) is 11.1 Å². The molecule has 2 atom stereocenters. The SMILES string of the molecule is CC(=O)c1nn(CC(=O)N2CC(CN3CCN(C(C)=O)CC3)CC2C(=O)Nc2nc(Br)ccc2C)c2ccc(-c3cnc(C)nc3)cc12. The summed E-state index contributed by atoms with van der Waals surface area (Å²) in [6.07, 6.45) is 3.95. The summed E-state index contributed by atoms with van der Waals surface area (Å²) in [5.41, 5.74) is 3.34. The van der Waals surface area contributed by atoms with Crippen molar-refractivity contribution in [2.24, 2.45) is 5.92 Å². The number of anilines is 1. The van der Waals surface area contributed by atoms with E-state index in [0.29, 0.717) is 59.7 Å². The molecule has 2 unspecified atom stereocenters. The van der Waals surface area contributed by atoms with Crippen molar-refractivity contribution in [2.75, 3.05) is 44.6 Å². The number of rotatable bonds is 8. The van der Waals surface area contributed by atoms with Gasteiger partial charge in [-0.25, -0.2) is 15.0 Å². The van der Waals surface area contributed by atoms with Crippen molar-refractivity contribution in [3.05, 3.63) is 64.4 Å². The largest absolute Gasteiger partial charge is 0.340 e. The summed E-state index contributed by atoms with van der Waals surface area (Å²) in [4.78, 5) is 71.2. The average Bonchev–Trinajstić information content (AvgIpc) is 3.65. The Morgan fingerprint density at radius 2 is 1.69 bits per heavy atom. The van der Waals surface area contributed by atoms with E-state index in [4.69, 9.17) is 0 Å². The zero-order valence-corrected chi connectivity index (χ0v) is 29.0. The number of pyridine rings is 1. The topological polar surface area (TPSA) is 147 Å². The van der Waals surface area contributed by atoms with Crippen LogP contribution in [-0.4, -0.2) is 108 Å². The normalized spacial score (nSPS) is 18.4. The predicted octanol–water partition coefficient (Wildman–Crippen LogP) is 3.49. The molecule has 48 heavy (non-hydrogen) atoms. The number of halogens is 1. The van der Waals surface area contributed by atoms with Gasteiger partial charge in [-0.3, -0.25) is 28.8 Å². The molecule has 2 saturated heterocycles. The first-order valence-electron chi connectivity index (χ1n) is 16.0. The predicted molar refractivity (Wildman–Crippen MR) is 183 cm³/mol. The summed E-state index contributed by atoms with van der Waals surface area (Å²) in [7, 11) is 0. The number of carbonyl (C=O) groups excluding carboxylic acids is 4. The molecule has 5 heterocycles. The van der Waals surface area contributed by atoms with Crippen LogP contribution in [0.25, 0.3) is 22.0 Å². The van der Waals surface area contributed by atoms with Crippen molar-refractivity contribution >= 4 is 56.2 Å². The molecular weight excluding hydrogens is 678 g/mol. The molecule has 2 aliphatic rings. The van der Waals surface area contributed by atoms with Crippen molar-refractivity contribution in [1.82, 2.24) is 39.4 Å². The molecule has 4 aromatic rings. The summed E-state index contributed by atoms with van der Waals surface area (Å²) in [6, 6.07) is 8.55. The van der Waals surface area contributed by atoms with E-state index in [1.54, 1.807) is 35.0 Å². The van der Waals surface area contributed by atoms with Gasteiger partial charge in [0.1, 0.15) is 34.5 Å². The number of aryl methyl sites for hydroxylation is 2. The third-order valence-corrected chi connectivity index (χ3v) is 9.57. The number of hydrogen-bond donors (Lipinski definition) is 1. The van der Waals surface area contributed by atoms with Gasteiger partial charge in [-0.05, 0) is 71.4 Å². The van der Waals surface area contributed by atoms with E-state index in [9.17, 15) is 19.2 Å². The maximum atomic E-state index is 14.1. The number of likely N-dealkylation sites (tertiary alicyclic amines) is 1. The number of Topliss-reactive ketones (excluding diaryl/α,β-unsaturated/α-hetero) is 1. The summed E-state index contributed by atoms with van der Waals surface area (Å²) < 4.78 is 2.14. The zero-order valence-electron chi connectivity index (χ0n) is 27.4. The van der Waals surface area contributed by atoms with E-state index in [-0.39, 0.29) is 41.7 Å². The molecule has 3 amide bonds. The number of benzene rings is 1. The second-order valence-corrected chi connectivity index (χ2v) is 13.4. The van der Waals surface area contributed by atoms with Gasteiger partial charge in [0.2, 0.25) is 17.7 Å². The molecule has 0 radical (unpaired) electrons. The van der Waals surface area contributed by atoms with Crippen LogP contribution in [0.4, 0.5) is 5.82 Å². The third kappa shape index (κ3) is 7.14. The Bertz CT molecular complexity index is 1890.